The van der Waals surface area contributed by atoms with Crippen LogP contribution >= 0.6 is 0 Å². The highest BCUT2D eigenvalue weighted by Crippen LogP contribution is 2.41. The quantitative estimate of drug-likeness (QED) is 0.831. The summed E-state index contributed by atoms with van der Waals surface area (Å²) < 4.78 is 5.40. The molecular formula is C15H23NO2. The van der Waals surface area contributed by atoms with Crippen molar-refractivity contribution in [3.63, 3.8) is 0 Å². The molecule has 1 saturated carbocycles. The summed E-state index contributed by atoms with van der Waals surface area (Å²) in [6.07, 6.45) is 2.22. The zero-order valence-electron chi connectivity index (χ0n) is 11.7. The second kappa shape index (κ2) is 5.29. The van der Waals surface area contributed by atoms with Crippen LogP contribution in [0, 0.1) is 0 Å². The summed E-state index contributed by atoms with van der Waals surface area (Å²) in [5.74, 6) is 1.58. The summed E-state index contributed by atoms with van der Waals surface area (Å²) in [7, 11) is 1.73. The second-order valence-electron chi connectivity index (χ2n) is 5.94. The Balaban J connectivity index is 1.85. The molecule has 1 aliphatic carbocycles. The van der Waals surface area contributed by atoms with E-state index >= 15 is 0 Å². The van der Waals surface area contributed by atoms with Gasteiger partial charge < -0.3 is 4.74 Å². The van der Waals surface area contributed by atoms with E-state index in [1.165, 1.54) is 5.56 Å². The highest BCUT2D eigenvalue weighted by molar-refractivity contribution is 5.37. The summed E-state index contributed by atoms with van der Waals surface area (Å²) in [5.41, 5.74) is 4.34. The molecule has 1 N–H and O–H groups in total. The zero-order chi connectivity index (χ0) is 13.2. The predicted octanol–water partition coefficient (Wildman–Crippen LogP) is 3.26. The van der Waals surface area contributed by atoms with E-state index < -0.39 is 0 Å². The molecule has 18 heavy (non-hydrogen) atoms. The molecule has 0 aliphatic heterocycles. The molecule has 0 amide bonds. The van der Waals surface area contributed by atoms with Crippen LogP contribution in [0.4, 0.5) is 0 Å². The first kappa shape index (κ1) is 13.4. The minimum atomic E-state index is -0.129. The lowest BCUT2D eigenvalue weighted by molar-refractivity contribution is -0.101. The van der Waals surface area contributed by atoms with Crippen molar-refractivity contribution in [2.24, 2.45) is 0 Å². The first-order chi connectivity index (χ1) is 8.49. The third-order valence-electron chi connectivity index (χ3n) is 3.25. The highest BCUT2D eigenvalue weighted by Gasteiger charge is 2.32. The van der Waals surface area contributed by atoms with E-state index in [9.17, 15) is 0 Å². The lowest BCUT2D eigenvalue weighted by Crippen LogP contribution is -2.43. The van der Waals surface area contributed by atoms with Crippen LogP contribution in [0.1, 0.15) is 45.1 Å². The fraction of sp³-hybridized carbons (Fsp3) is 0.600. The van der Waals surface area contributed by atoms with Crippen molar-refractivity contribution in [3.8, 4) is 5.75 Å². The van der Waals surface area contributed by atoms with Gasteiger partial charge in [-0.25, -0.2) is 0 Å². The first-order valence-electron chi connectivity index (χ1n) is 6.56. The molecule has 1 aliphatic rings. The van der Waals surface area contributed by atoms with Gasteiger partial charge in [-0.3, -0.25) is 4.84 Å². The van der Waals surface area contributed by atoms with Gasteiger partial charge in [-0.15, -0.1) is 0 Å². The van der Waals surface area contributed by atoms with Crippen molar-refractivity contribution in [1.29, 1.82) is 0 Å². The van der Waals surface area contributed by atoms with Gasteiger partial charge in [0.05, 0.1) is 12.7 Å². The number of hydrogen-bond acceptors (Lipinski definition) is 3. The molecule has 1 aromatic carbocycles. The Kier molecular flexibility index (Phi) is 3.93. The Morgan fingerprint density at radius 3 is 2.44 bits per heavy atom. The summed E-state index contributed by atoms with van der Waals surface area (Å²) >= 11 is 0. The standard InChI is InChI=1S/C15H23NO2/c1-15(2,3)18-16-12-9-11(10-12)13-7-5-6-8-14(13)17-4/h5-8,11-12,16H,9-10H2,1-4H3. The van der Waals surface area contributed by atoms with Crippen molar-refractivity contribution < 1.29 is 9.57 Å². The number of benzene rings is 1. The number of para-hydroxylation sites is 1. The van der Waals surface area contributed by atoms with Gasteiger partial charge in [-0.05, 0) is 51.2 Å². The largest absolute Gasteiger partial charge is 0.496 e. The van der Waals surface area contributed by atoms with Crippen molar-refractivity contribution in [3.05, 3.63) is 29.8 Å². The second-order valence-corrected chi connectivity index (χ2v) is 5.94. The fourth-order valence-corrected chi connectivity index (χ4v) is 2.23. The Morgan fingerprint density at radius 1 is 1.17 bits per heavy atom. The molecule has 0 atom stereocenters. The predicted molar refractivity (Wildman–Crippen MR) is 72.7 cm³/mol. The van der Waals surface area contributed by atoms with Gasteiger partial charge in [0.1, 0.15) is 5.75 Å². The number of methoxy groups -OCH3 is 1. The number of hydrogen-bond donors (Lipinski definition) is 1. The Bertz CT molecular complexity index is 392. The van der Waals surface area contributed by atoms with Crippen molar-refractivity contribution in [2.45, 2.75) is 51.2 Å². The van der Waals surface area contributed by atoms with Crippen LogP contribution in [0.5, 0.6) is 5.75 Å². The number of rotatable bonds is 4. The molecule has 0 radical (unpaired) electrons. The molecule has 1 aromatic rings. The van der Waals surface area contributed by atoms with E-state index in [0.29, 0.717) is 12.0 Å². The van der Waals surface area contributed by atoms with Crippen LogP contribution < -0.4 is 10.2 Å². The summed E-state index contributed by atoms with van der Waals surface area (Å²) in [4.78, 5) is 5.59. The van der Waals surface area contributed by atoms with E-state index in [2.05, 4.69) is 38.4 Å². The first-order valence-corrected chi connectivity index (χ1v) is 6.56. The smallest absolute Gasteiger partial charge is 0.122 e. The summed E-state index contributed by atoms with van der Waals surface area (Å²) in [6, 6.07) is 8.73. The van der Waals surface area contributed by atoms with Gasteiger partial charge >= 0.3 is 0 Å². The Hall–Kier alpha value is -1.06. The van der Waals surface area contributed by atoms with Crippen molar-refractivity contribution in [1.82, 2.24) is 5.48 Å². The lowest BCUT2D eigenvalue weighted by atomic mass is 9.76. The minimum Gasteiger partial charge on any atom is -0.496 e. The third kappa shape index (κ3) is 3.24. The fourth-order valence-electron chi connectivity index (χ4n) is 2.23. The van der Waals surface area contributed by atoms with Crippen LogP contribution in [0.3, 0.4) is 0 Å². The normalized spacial score (nSPS) is 23.6. The maximum atomic E-state index is 5.59. The molecule has 0 unspecified atom stereocenters. The molecule has 0 bridgehead atoms. The van der Waals surface area contributed by atoms with Crippen molar-refractivity contribution in [2.75, 3.05) is 7.11 Å². The minimum absolute atomic E-state index is 0.129. The third-order valence-corrected chi connectivity index (χ3v) is 3.25. The van der Waals surface area contributed by atoms with Crippen LogP contribution in [-0.2, 0) is 4.84 Å². The van der Waals surface area contributed by atoms with Crippen molar-refractivity contribution >= 4 is 0 Å². The van der Waals surface area contributed by atoms with E-state index in [-0.39, 0.29) is 5.60 Å². The highest BCUT2D eigenvalue weighted by atomic mass is 16.7. The summed E-state index contributed by atoms with van der Waals surface area (Å²) in [5, 5.41) is 0. The maximum Gasteiger partial charge on any atom is 0.122 e. The molecule has 0 aromatic heterocycles. The lowest BCUT2D eigenvalue weighted by Gasteiger charge is -2.38. The maximum absolute atomic E-state index is 5.59. The molecule has 1 fully saturated rings. The number of ether oxygens (including phenoxy) is 1. The van der Waals surface area contributed by atoms with E-state index in [4.69, 9.17) is 9.57 Å². The van der Waals surface area contributed by atoms with Crippen LogP contribution in [0.15, 0.2) is 24.3 Å². The average molecular weight is 249 g/mol. The molecule has 0 saturated heterocycles. The average Bonchev–Trinajstić information content (AvgIpc) is 2.26. The van der Waals surface area contributed by atoms with Gasteiger partial charge in [0.15, 0.2) is 0 Å². The van der Waals surface area contributed by atoms with Gasteiger partial charge in [0.2, 0.25) is 0 Å². The van der Waals surface area contributed by atoms with E-state index in [1.807, 2.05) is 12.1 Å². The molecule has 0 heterocycles. The van der Waals surface area contributed by atoms with Gasteiger partial charge in [0, 0.05) is 6.04 Å². The number of hydroxylamine groups is 1. The number of nitrogens with one attached hydrogen (secondary N) is 1. The molecule has 2 rings (SSSR count). The van der Waals surface area contributed by atoms with Gasteiger partial charge in [0.25, 0.3) is 0 Å². The SMILES string of the molecule is COc1ccccc1C1CC(NOC(C)(C)C)C1. The van der Waals surface area contributed by atoms with Crippen LogP contribution in [0.25, 0.3) is 0 Å². The Labute approximate surface area is 109 Å². The summed E-state index contributed by atoms with van der Waals surface area (Å²) in [6.45, 7) is 6.16. The van der Waals surface area contributed by atoms with E-state index in [0.717, 1.165) is 18.6 Å². The Morgan fingerprint density at radius 2 is 1.83 bits per heavy atom. The zero-order valence-corrected chi connectivity index (χ0v) is 11.7. The topological polar surface area (TPSA) is 30.5 Å². The van der Waals surface area contributed by atoms with Crippen LogP contribution in [-0.4, -0.2) is 18.8 Å². The van der Waals surface area contributed by atoms with Gasteiger partial charge in [-0.2, -0.15) is 5.48 Å². The molecule has 3 heteroatoms. The van der Waals surface area contributed by atoms with Gasteiger partial charge in [-0.1, -0.05) is 18.2 Å². The van der Waals surface area contributed by atoms with E-state index in [1.54, 1.807) is 7.11 Å². The molecular weight excluding hydrogens is 226 g/mol. The molecule has 100 valence electrons. The molecule has 0 spiro atoms. The van der Waals surface area contributed by atoms with Crippen LogP contribution in [0.2, 0.25) is 0 Å². The molecule has 3 nitrogen and oxygen atoms in total. The monoisotopic (exact) mass is 249 g/mol.